The van der Waals surface area contributed by atoms with Crippen LogP contribution in [0, 0.1) is 6.92 Å². The van der Waals surface area contributed by atoms with Gasteiger partial charge in [-0.05, 0) is 6.92 Å². The molecule has 1 rings (SSSR count). The highest BCUT2D eigenvalue weighted by Crippen LogP contribution is 2.00. The quantitative estimate of drug-likeness (QED) is 0.678. The van der Waals surface area contributed by atoms with Gasteiger partial charge in [0.15, 0.2) is 0 Å². The molecule has 16 heavy (non-hydrogen) atoms. The van der Waals surface area contributed by atoms with Crippen LogP contribution in [0.1, 0.15) is 11.7 Å². The van der Waals surface area contributed by atoms with Crippen molar-refractivity contribution in [2.45, 2.75) is 13.5 Å². The van der Waals surface area contributed by atoms with E-state index < -0.39 is 0 Å². The summed E-state index contributed by atoms with van der Waals surface area (Å²) >= 11 is 0. The smallest absolute Gasteiger partial charge is 0.246 e. The molecule has 0 fully saturated rings. The molecule has 6 nitrogen and oxygen atoms in total. The molecule has 0 unspecified atom stereocenters. The van der Waals surface area contributed by atoms with E-state index in [0.717, 1.165) is 5.76 Å². The summed E-state index contributed by atoms with van der Waals surface area (Å²) in [6, 6.07) is 0. The van der Waals surface area contributed by atoms with Crippen LogP contribution in [0.4, 0.5) is 0 Å². The first-order chi connectivity index (χ1) is 7.72. The Labute approximate surface area is 93.9 Å². The van der Waals surface area contributed by atoms with Crippen molar-refractivity contribution in [3.05, 3.63) is 17.8 Å². The van der Waals surface area contributed by atoms with Gasteiger partial charge in [-0.25, -0.2) is 4.98 Å². The molecule has 0 atom stereocenters. The molecule has 0 aromatic carbocycles. The van der Waals surface area contributed by atoms with Crippen LogP contribution in [-0.4, -0.2) is 37.8 Å². The molecular formula is C10H16N2O4. The minimum Gasteiger partial charge on any atom is -0.444 e. The average Bonchev–Trinajstić information content (AvgIpc) is 2.68. The molecule has 0 saturated carbocycles. The van der Waals surface area contributed by atoms with Crippen LogP contribution in [0.2, 0.25) is 0 Å². The summed E-state index contributed by atoms with van der Waals surface area (Å²) in [5, 5.41) is 2.63. The van der Waals surface area contributed by atoms with Crippen molar-refractivity contribution >= 4 is 5.91 Å². The molecule has 1 aromatic rings. The summed E-state index contributed by atoms with van der Waals surface area (Å²) in [6.07, 6.45) is 1.61. The van der Waals surface area contributed by atoms with E-state index in [4.69, 9.17) is 13.9 Å². The Morgan fingerprint density at radius 2 is 2.38 bits per heavy atom. The van der Waals surface area contributed by atoms with Gasteiger partial charge in [0.2, 0.25) is 11.8 Å². The SMILES string of the molecule is COCCOCC(=O)NCc1ncc(C)o1. The highest BCUT2D eigenvalue weighted by molar-refractivity contribution is 5.76. The highest BCUT2D eigenvalue weighted by Gasteiger charge is 2.04. The highest BCUT2D eigenvalue weighted by atomic mass is 16.5. The predicted molar refractivity (Wildman–Crippen MR) is 55.8 cm³/mol. The number of methoxy groups -OCH3 is 1. The molecule has 0 aliphatic carbocycles. The van der Waals surface area contributed by atoms with E-state index in [2.05, 4.69) is 10.3 Å². The lowest BCUT2D eigenvalue weighted by molar-refractivity contribution is -0.126. The lowest BCUT2D eigenvalue weighted by atomic mass is 10.5. The molecule has 1 aromatic heterocycles. The van der Waals surface area contributed by atoms with Gasteiger partial charge in [-0.15, -0.1) is 0 Å². The number of hydrogen-bond acceptors (Lipinski definition) is 5. The van der Waals surface area contributed by atoms with E-state index in [1.54, 1.807) is 20.2 Å². The number of nitrogens with zero attached hydrogens (tertiary/aromatic N) is 1. The molecule has 0 spiro atoms. The number of rotatable bonds is 7. The maximum Gasteiger partial charge on any atom is 0.246 e. The molecule has 0 bridgehead atoms. The molecule has 0 saturated heterocycles. The lowest BCUT2D eigenvalue weighted by Crippen LogP contribution is -2.27. The summed E-state index contributed by atoms with van der Waals surface area (Å²) in [6.45, 7) is 2.98. The molecule has 1 amide bonds. The van der Waals surface area contributed by atoms with E-state index in [1.165, 1.54) is 0 Å². The number of ether oxygens (including phenoxy) is 2. The second-order valence-corrected chi connectivity index (χ2v) is 3.19. The number of carbonyl (C=O) groups excluding carboxylic acids is 1. The average molecular weight is 228 g/mol. The standard InChI is InChI=1S/C10H16N2O4/c1-8-5-12-10(16-8)6-11-9(13)7-15-4-3-14-2/h5H,3-4,6-7H2,1-2H3,(H,11,13). The van der Waals surface area contributed by atoms with Crippen molar-refractivity contribution < 1.29 is 18.7 Å². The minimum absolute atomic E-state index is 0.0169. The number of carbonyl (C=O) groups is 1. The van der Waals surface area contributed by atoms with Gasteiger partial charge < -0.3 is 19.2 Å². The van der Waals surface area contributed by atoms with Gasteiger partial charge in [0.1, 0.15) is 12.4 Å². The van der Waals surface area contributed by atoms with Gasteiger partial charge in [0, 0.05) is 7.11 Å². The summed E-state index contributed by atoms with van der Waals surface area (Å²) in [4.78, 5) is 15.2. The molecule has 1 heterocycles. The zero-order valence-corrected chi connectivity index (χ0v) is 9.49. The number of aryl methyl sites for hydroxylation is 1. The number of aromatic nitrogens is 1. The van der Waals surface area contributed by atoms with Crippen molar-refractivity contribution in [1.29, 1.82) is 0 Å². The fourth-order valence-electron chi connectivity index (χ4n) is 1.02. The molecule has 6 heteroatoms. The topological polar surface area (TPSA) is 73.6 Å². The van der Waals surface area contributed by atoms with E-state index in [1.807, 2.05) is 0 Å². The summed E-state index contributed by atoms with van der Waals surface area (Å²) < 4.78 is 15.0. The molecule has 0 aliphatic rings. The third-order valence-electron chi connectivity index (χ3n) is 1.77. The van der Waals surface area contributed by atoms with Crippen molar-refractivity contribution in [3.63, 3.8) is 0 Å². The Morgan fingerprint density at radius 3 is 3.00 bits per heavy atom. The largest absolute Gasteiger partial charge is 0.444 e. The number of oxazole rings is 1. The third-order valence-corrected chi connectivity index (χ3v) is 1.77. The van der Waals surface area contributed by atoms with Gasteiger partial charge in [0.05, 0.1) is 26.0 Å². The van der Waals surface area contributed by atoms with Crippen LogP contribution in [0.3, 0.4) is 0 Å². The van der Waals surface area contributed by atoms with E-state index >= 15 is 0 Å². The predicted octanol–water partition coefficient (Wildman–Crippen LogP) is 0.262. The van der Waals surface area contributed by atoms with Crippen LogP contribution >= 0.6 is 0 Å². The van der Waals surface area contributed by atoms with E-state index in [-0.39, 0.29) is 19.1 Å². The molecular weight excluding hydrogens is 212 g/mol. The summed E-state index contributed by atoms with van der Waals surface area (Å²) in [5.74, 6) is 1.01. The maximum absolute atomic E-state index is 11.2. The molecule has 0 aliphatic heterocycles. The molecule has 1 N–H and O–H groups in total. The minimum atomic E-state index is -0.202. The van der Waals surface area contributed by atoms with Crippen LogP contribution in [0.5, 0.6) is 0 Å². The Balaban J connectivity index is 2.10. The van der Waals surface area contributed by atoms with Gasteiger partial charge in [-0.1, -0.05) is 0 Å². The van der Waals surface area contributed by atoms with Gasteiger partial charge in [0.25, 0.3) is 0 Å². The van der Waals surface area contributed by atoms with Gasteiger partial charge in [-0.2, -0.15) is 0 Å². The van der Waals surface area contributed by atoms with Crippen LogP contribution in [-0.2, 0) is 20.8 Å². The Kier molecular flexibility index (Phi) is 5.52. The van der Waals surface area contributed by atoms with E-state index in [9.17, 15) is 4.79 Å². The van der Waals surface area contributed by atoms with Crippen molar-refractivity contribution in [3.8, 4) is 0 Å². The number of nitrogens with one attached hydrogen (secondary N) is 1. The first kappa shape index (κ1) is 12.7. The van der Waals surface area contributed by atoms with Crippen molar-refractivity contribution in [2.24, 2.45) is 0 Å². The van der Waals surface area contributed by atoms with Crippen LogP contribution < -0.4 is 5.32 Å². The molecule has 90 valence electrons. The first-order valence-corrected chi connectivity index (χ1v) is 4.97. The number of hydrogen-bond donors (Lipinski definition) is 1. The summed E-state index contributed by atoms with van der Waals surface area (Å²) in [7, 11) is 1.58. The summed E-state index contributed by atoms with van der Waals surface area (Å²) in [5.41, 5.74) is 0. The first-order valence-electron chi connectivity index (χ1n) is 4.97. The third kappa shape index (κ3) is 4.90. The van der Waals surface area contributed by atoms with Gasteiger partial charge >= 0.3 is 0 Å². The maximum atomic E-state index is 11.2. The second-order valence-electron chi connectivity index (χ2n) is 3.19. The van der Waals surface area contributed by atoms with Crippen LogP contribution in [0.25, 0.3) is 0 Å². The van der Waals surface area contributed by atoms with Crippen molar-refractivity contribution in [1.82, 2.24) is 10.3 Å². The fraction of sp³-hybridized carbons (Fsp3) is 0.600. The van der Waals surface area contributed by atoms with Gasteiger partial charge in [-0.3, -0.25) is 4.79 Å². The Morgan fingerprint density at radius 1 is 1.56 bits per heavy atom. The zero-order chi connectivity index (χ0) is 11.8. The van der Waals surface area contributed by atoms with Crippen molar-refractivity contribution in [2.75, 3.05) is 26.9 Å². The van der Waals surface area contributed by atoms with E-state index in [0.29, 0.717) is 19.1 Å². The Hall–Kier alpha value is -1.40. The fourth-order valence-corrected chi connectivity index (χ4v) is 1.02. The Bertz CT molecular complexity index is 324. The lowest BCUT2D eigenvalue weighted by Gasteiger charge is -2.03. The normalized spacial score (nSPS) is 10.4. The van der Waals surface area contributed by atoms with Crippen LogP contribution in [0.15, 0.2) is 10.6 Å². The second kappa shape index (κ2) is 6.97. The molecule has 0 radical (unpaired) electrons. The number of amides is 1. The monoisotopic (exact) mass is 228 g/mol. The zero-order valence-electron chi connectivity index (χ0n) is 9.49.